The van der Waals surface area contributed by atoms with E-state index in [0.717, 1.165) is 85.7 Å². The zero-order chi connectivity index (χ0) is 31.2. The Kier molecular flexibility index (Phi) is 11.3. The first-order valence-electron chi connectivity index (χ1n) is 15.8. The summed E-state index contributed by atoms with van der Waals surface area (Å²) in [5, 5.41) is 21.6. The monoisotopic (exact) mass is 720 g/mol. The van der Waals surface area contributed by atoms with Crippen LogP contribution in [-0.2, 0) is 20.8 Å². The number of phenols is 2. The number of benzene rings is 4. The van der Waals surface area contributed by atoms with E-state index in [0.29, 0.717) is 11.5 Å². The van der Waals surface area contributed by atoms with Gasteiger partial charge >= 0.3 is 37.9 Å². The number of hydrogen-bond donors (Lipinski definition) is 2. The summed E-state index contributed by atoms with van der Waals surface area (Å²) in [6, 6.07) is 32.5. The second-order valence-corrected chi connectivity index (χ2v) is 15.6. The van der Waals surface area contributed by atoms with E-state index in [1.165, 1.54) is 12.8 Å². The molecule has 0 aliphatic carbocycles. The predicted octanol–water partition coefficient (Wildman–Crippen LogP) is 7.53. The second kappa shape index (κ2) is 15.6. The van der Waals surface area contributed by atoms with Gasteiger partial charge in [-0.05, 0) is 24.0 Å². The van der Waals surface area contributed by atoms with Crippen LogP contribution in [0.4, 0.5) is 0 Å². The average molecular weight is 723 g/mol. The van der Waals surface area contributed by atoms with E-state index in [1.54, 1.807) is 0 Å². The summed E-state index contributed by atoms with van der Waals surface area (Å²) in [5.41, 5.74) is 6.11. The Balaban J connectivity index is 0.000000146. The number of fused-ring (bicyclic) bond motifs is 4. The molecule has 2 N–H and O–H groups in total. The number of rotatable bonds is 4. The summed E-state index contributed by atoms with van der Waals surface area (Å²) in [7, 11) is 9.87. The number of halogens is 2. The third kappa shape index (κ3) is 7.21. The summed E-state index contributed by atoms with van der Waals surface area (Å²) in [6.45, 7) is 8.98. The molecule has 4 fully saturated rings. The third-order valence-electron chi connectivity index (χ3n) is 9.37. The number of nitrogens with zero attached hydrogens (tertiary/aromatic N) is 4. The van der Waals surface area contributed by atoms with Crippen LogP contribution in [0.25, 0.3) is 22.3 Å². The molecular weight excluding hydrogens is 683 g/mol. The van der Waals surface area contributed by atoms with Crippen molar-refractivity contribution in [2.45, 2.75) is 25.2 Å². The van der Waals surface area contributed by atoms with Gasteiger partial charge in [-0.3, -0.25) is 19.6 Å². The van der Waals surface area contributed by atoms with Gasteiger partial charge in [-0.2, -0.15) is 0 Å². The van der Waals surface area contributed by atoms with Gasteiger partial charge in [0.05, 0.1) is 12.3 Å². The van der Waals surface area contributed by atoms with E-state index in [1.807, 2.05) is 48.5 Å². The first-order chi connectivity index (χ1) is 22.1. The maximum absolute atomic E-state index is 10.8. The van der Waals surface area contributed by atoms with Crippen molar-refractivity contribution < 1.29 is 31.1 Å². The Labute approximate surface area is 285 Å². The average Bonchev–Trinajstić information content (AvgIpc) is 3.46. The van der Waals surface area contributed by atoms with Crippen molar-refractivity contribution in [1.29, 1.82) is 0 Å². The zero-order valence-electron chi connectivity index (χ0n) is 25.4. The summed E-state index contributed by atoms with van der Waals surface area (Å²) in [6.07, 6.45) is 2.97. The van der Waals surface area contributed by atoms with Crippen LogP contribution in [0.2, 0.25) is 0 Å². The Morgan fingerprint density at radius 2 is 0.800 bits per heavy atom. The van der Waals surface area contributed by atoms with E-state index in [2.05, 4.69) is 68.1 Å². The molecule has 4 saturated heterocycles. The van der Waals surface area contributed by atoms with Crippen LogP contribution in [0.15, 0.2) is 97.1 Å². The van der Waals surface area contributed by atoms with Crippen molar-refractivity contribution in [3.63, 3.8) is 0 Å². The Morgan fingerprint density at radius 3 is 1.13 bits per heavy atom. The summed E-state index contributed by atoms with van der Waals surface area (Å²) in [4.78, 5) is 9.92. The molecule has 4 aromatic carbocycles. The molecule has 0 spiro atoms. The normalized spacial score (nSPS) is 26.1. The first-order valence-corrected chi connectivity index (χ1v) is 22.1. The number of hydrogen-bond acceptors (Lipinski definition) is 6. The molecule has 8 rings (SSSR count). The van der Waals surface area contributed by atoms with Crippen molar-refractivity contribution in [3.8, 4) is 33.8 Å². The van der Waals surface area contributed by atoms with E-state index in [4.69, 9.17) is 17.0 Å². The molecule has 0 aromatic heterocycles. The molecule has 4 atom stereocenters. The second-order valence-electron chi connectivity index (χ2n) is 11.9. The van der Waals surface area contributed by atoms with Gasteiger partial charge in [0.25, 0.3) is 0 Å². The molecule has 4 aliphatic rings. The summed E-state index contributed by atoms with van der Waals surface area (Å²) < 4.78 is 0. The van der Waals surface area contributed by atoms with Gasteiger partial charge in [0.1, 0.15) is 11.5 Å². The van der Waals surface area contributed by atoms with Crippen LogP contribution < -0.4 is 0 Å². The molecular formula is C36H40Cl2N4O2Zr+2. The Hall–Kier alpha value is -2.22. The molecule has 0 saturated carbocycles. The molecule has 6 nitrogen and oxygen atoms in total. The van der Waals surface area contributed by atoms with Gasteiger partial charge in [0.2, 0.25) is 0 Å². The van der Waals surface area contributed by atoms with Crippen LogP contribution in [0.5, 0.6) is 11.5 Å². The van der Waals surface area contributed by atoms with Gasteiger partial charge in [0, 0.05) is 74.6 Å². The molecule has 9 heteroatoms. The predicted molar refractivity (Wildman–Crippen MR) is 180 cm³/mol. The Morgan fingerprint density at radius 1 is 0.467 bits per heavy atom. The molecule has 0 amide bonds. The van der Waals surface area contributed by atoms with Crippen LogP contribution in [0.3, 0.4) is 0 Å². The fraction of sp³-hybridized carbons (Fsp3) is 0.333. The van der Waals surface area contributed by atoms with E-state index < -0.39 is 20.8 Å². The van der Waals surface area contributed by atoms with Gasteiger partial charge in [-0.25, -0.2) is 0 Å². The Bertz CT molecular complexity index is 1400. The summed E-state index contributed by atoms with van der Waals surface area (Å²) >= 11 is -0.826. The van der Waals surface area contributed by atoms with Crippen molar-refractivity contribution in [2.24, 2.45) is 0 Å². The van der Waals surface area contributed by atoms with Crippen molar-refractivity contribution in [2.75, 3.05) is 52.4 Å². The van der Waals surface area contributed by atoms with Crippen molar-refractivity contribution in [3.05, 3.63) is 108 Å². The van der Waals surface area contributed by atoms with Crippen LogP contribution in [0, 0.1) is 0 Å². The third-order valence-corrected chi connectivity index (χ3v) is 9.37. The molecule has 0 radical (unpaired) electrons. The van der Waals surface area contributed by atoms with Crippen molar-refractivity contribution in [1.82, 2.24) is 19.6 Å². The fourth-order valence-corrected chi connectivity index (χ4v) is 7.38. The first kappa shape index (κ1) is 32.7. The van der Waals surface area contributed by atoms with Gasteiger partial charge in [0.15, 0.2) is 0 Å². The van der Waals surface area contributed by atoms with Crippen LogP contribution in [0.1, 0.15) is 36.3 Å². The van der Waals surface area contributed by atoms with Crippen molar-refractivity contribution >= 4 is 17.0 Å². The molecule has 4 aromatic rings. The standard InChI is InChI=1S/2C18H20N2O.2ClH.Zr/c2*21-17-15(14-6-2-1-3-7-14)8-4-9-16(17)18-19-10-5-11-20(18)13-12-19;;;/h2*1-4,6-9,18,21H,5,10-13H2;2*1H;/q;;;;+4/p-2. The van der Waals surface area contributed by atoms with E-state index in [9.17, 15) is 10.2 Å². The number of aromatic hydroxyl groups is 2. The topological polar surface area (TPSA) is 53.4 Å². The van der Waals surface area contributed by atoms with Gasteiger partial charge in [-0.1, -0.05) is 97.1 Å². The zero-order valence-corrected chi connectivity index (χ0v) is 29.4. The van der Waals surface area contributed by atoms with Gasteiger partial charge < -0.3 is 10.2 Å². The quantitative estimate of drug-likeness (QED) is 0.227. The molecule has 4 unspecified atom stereocenters. The minimum atomic E-state index is -0.826. The molecule has 232 valence electrons. The fourth-order valence-electron chi connectivity index (χ4n) is 7.38. The minimum absolute atomic E-state index is 0.252. The van der Waals surface area contributed by atoms with Gasteiger partial charge in [-0.15, -0.1) is 0 Å². The summed E-state index contributed by atoms with van der Waals surface area (Å²) in [5.74, 6) is 0.875. The molecule has 4 aliphatic heterocycles. The SMILES string of the molecule is Oc1c(-c2ccccc2)cccc1C1N2CCCN1CC2.Oc1c(-c2ccccc2)cccc1C1N2CCCN1CC2.[Cl][Zr+2][Cl]. The number of phenolic OH excluding ortho intramolecular Hbond substituents is 2. The molecule has 4 heterocycles. The maximum atomic E-state index is 10.8. The van der Waals surface area contributed by atoms with Crippen LogP contribution >= 0.6 is 17.0 Å². The van der Waals surface area contributed by atoms with E-state index in [-0.39, 0.29) is 12.3 Å². The molecule has 45 heavy (non-hydrogen) atoms. The van der Waals surface area contributed by atoms with Crippen LogP contribution in [-0.4, -0.2) is 82.2 Å². The molecule has 4 bridgehead atoms. The number of para-hydroxylation sites is 2. The van der Waals surface area contributed by atoms with E-state index >= 15 is 0 Å².